The molecule has 0 aromatic heterocycles. The highest BCUT2D eigenvalue weighted by Gasteiger charge is 2.30. The number of hydrogen-bond acceptors (Lipinski definition) is 11. The van der Waals surface area contributed by atoms with Crippen LogP contribution in [0.2, 0.25) is 0 Å². The lowest BCUT2D eigenvalue weighted by molar-refractivity contribution is -0.126. The molecule has 2 amide bonds. The van der Waals surface area contributed by atoms with E-state index in [0.717, 1.165) is 13.0 Å². The molecular weight excluding hydrogens is 667 g/mol. The van der Waals surface area contributed by atoms with Crippen LogP contribution in [-0.2, 0) is 28.5 Å². The second-order valence-electron chi connectivity index (χ2n) is 11.9. The maximum absolute atomic E-state index is 12.7. The lowest BCUT2D eigenvalue weighted by Crippen LogP contribution is -2.34. The lowest BCUT2D eigenvalue weighted by Gasteiger charge is -2.31. The van der Waals surface area contributed by atoms with Crippen LogP contribution in [0.15, 0.2) is 24.3 Å². The summed E-state index contributed by atoms with van der Waals surface area (Å²) in [4.78, 5) is 24.0. The topological polar surface area (TPSA) is 126 Å². The van der Waals surface area contributed by atoms with Crippen LogP contribution in [0, 0.1) is 17.8 Å². The summed E-state index contributed by atoms with van der Waals surface area (Å²) in [7, 11) is 5.19. The van der Waals surface area contributed by atoms with Gasteiger partial charge in [-0.15, -0.1) is 0 Å². The van der Waals surface area contributed by atoms with Crippen molar-refractivity contribution in [2.24, 2.45) is 5.92 Å². The number of benzene rings is 1. The Bertz CT molecular complexity index is 1060. The lowest BCUT2D eigenvalue weighted by atomic mass is 10.2. The van der Waals surface area contributed by atoms with E-state index in [9.17, 15) is 9.59 Å². The van der Waals surface area contributed by atoms with E-state index < -0.39 is 4.93 Å². The fourth-order valence-corrected chi connectivity index (χ4v) is 5.64. The fraction of sp³-hybridized carbons (Fsp3) is 0.722. The standard InChI is InChI=1S/C34H57N3O8S2.C2H6/c1-28(2)11-9-15-36-31(38)26-43-23-24-45-34(6,47-46-33(3,4)5)27-44-30-13-8-12-29(25-30)32(39)37-16-18-41-20-22-42-21-19-40-17-10-14-35-7;1-2/h8,12-13,25,28,35H,10,14-24,26-27H2,1-7H3,(H,36,38)(H,37,39);1-2H3. The number of nitrogens with one attached hydrogen (secondary N) is 3. The normalized spacial score (nSPS) is 12.3. The second kappa shape index (κ2) is 29.7. The zero-order chi connectivity index (χ0) is 36.8. The first-order chi connectivity index (χ1) is 23.4. The molecule has 0 saturated carbocycles. The van der Waals surface area contributed by atoms with Crippen molar-refractivity contribution in [1.82, 2.24) is 16.0 Å². The maximum atomic E-state index is 12.7. The van der Waals surface area contributed by atoms with Crippen LogP contribution in [0.25, 0.3) is 0 Å². The van der Waals surface area contributed by atoms with Gasteiger partial charge >= 0.3 is 0 Å². The van der Waals surface area contributed by atoms with Crippen molar-refractivity contribution in [3.05, 3.63) is 29.8 Å². The first-order valence-corrected chi connectivity index (χ1v) is 19.3. The van der Waals surface area contributed by atoms with Gasteiger partial charge in [0.15, 0.2) is 4.93 Å². The third kappa shape index (κ3) is 28.4. The van der Waals surface area contributed by atoms with Crippen LogP contribution in [0.5, 0.6) is 5.75 Å². The molecule has 0 aliphatic rings. The first-order valence-electron chi connectivity index (χ1n) is 17.2. The monoisotopic (exact) mass is 729 g/mol. The highest BCUT2D eigenvalue weighted by atomic mass is 33.1. The van der Waals surface area contributed by atoms with Gasteiger partial charge in [0.05, 0.1) is 52.8 Å². The average molecular weight is 730 g/mol. The van der Waals surface area contributed by atoms with Crippen molar-refractivity contribution in [3.63, 3.8) is 0 Å². The van der Waals surface area contributed by atoms with Crippen molar-refractivity contribution in [2.75, 3.05) is 92.8 Å². The largest absolute Gasteiger partial charge is 0.490 e. The Labute approximate surface area is 304 Å². The van der Waals surface area contributed by atoms with Gasteiger partial charge in [-0.1, -0.05) is 88.0 Å². The maximum Gasteiger partial charge on any atom is 0.251 e. The van der Waals surface area contributed by atoms with Crippen LogP contribution >= 0.6 is 21.6 Å². The number of ether oxygens (including phenoxy) is 6. The summed E-state index contributed by atoms with van der Waals surface area (Å²) in [6, 6.07) is 7.04. The molecule has 0 fully saturated rings. The molecule has 3 N–H and O–H groups in total. The summed E-state index contributed by atoms with van der Waals surface area (Å²) in [6.45, 7) is 21.8. The Hall–Kier alpha value is -2.02. The van der Waals surface area contributed by atoms with Gasteiger partial charge in [-0.3, -0.25) is 9.59 Å². The summed E-state index contributed by atoms with van der Waals surface area (Å²) in [5.74, 6) is 6.30. The molecular formula is C36H63N3O8S2. The summed E-state index contributed by atoms with van der Waals surface area (Å²) in [5.41, 5.74) is 0.488. The van der Waals surface area contributed by atoms with Crippen LogP contribution < -0.4 is 20.7 Å². The molecule has 282 valence electrons. The fourth-order valence-electron chi connectivity index (χ4n) is 3.41. The predicted molar refractivity (Wildman–Crippen MR) is 202 cm³/mol. The van der Waals surface area contributed by atoms with Crippen LogP contribution in [0.3, 0.4) is 0 Å². The molecule has 0 radical (unpaired) electrons. The van der Waals surface area contributed by atoms with Gasteiger partial charge in [0.1, 0.15) is 19.0 Å². The Morgan fingerprint density at radius 1 is 0.837 bits per heavy atom. The van der Waals surface area contributed by atoms with E-state index in [1.807, 2.05) is 47.7 Å². The second-order valence-corrected chi connectivity index (χ2v) is 15.4. The smallest absolute Gasteiger partial charge is 0.251 e. The van der Waals surface area contributed by atoms with Gasteiger partial charge in [0.25, 0.3) is 5.91 Å². The molecule has 1 aromatic rings. The van der Waals surface area contributed by atoms with Crippen LogP contribution in [0.1, 0.15) is 72.2 Å². The average Bonchev–Trinajstić information content (AvgIpc) is 3.07. The summed E-state index contributed by atoms with van der Waals surface area (Å²) in [5, 5.41) is 8.66. The number of rotatable bonds is 26. The third-order valence-corrected chi connectivity index (χ3v) is 9.67. The Kier molecular flexibility index (Phi) is 28.5. The Morgan fingerprint density at radius 3 is 2.14 bits per heavy atom. The van der Waals surface area contributed by atoms with Gasteiger partial charge in [-0.25, -0.2) is 0 Å². The Balaban J connectivity index is 0.0000113. The van der Waals surface area contributed by atoms with Gasteiger partial charge in [0.2, 0.25) is 5.91 Å². The van der Waals surface area contributed by atoms with E-state index in [2.05, 4.69) is 48.6 Å². The third-order valence-electron chi connectivity index (χ3n) is 5.69. The molecule has 1 rings (SSSR count). The molecule has 13 heteroatoms. The van der Waals surface area contributed by atoms with Crippen molar-refractivity contribution in [3.8, 4) is 17.6 Å². The van der Waals surface area contributed by atoms with Crippen molar-refractivity contribution in [1.29, 1.82) is 0 Å². The quantitative estimate of drug-likeness (QED) is 0.0506. The zero-order valence-corrected chi connectivity index (χ0v) is 33.0. The predicted octanol–water partition coefficient (Wildman–Crippen LogP) is 5.19. The Morgan fingerprint density at radius 2 is 1.49 bits per heavy atom. The molecule has 1 unspecified atom stereocenters. The van der Waals surface area contributed by atoms with E-state index in [1.165, 1.54) is 0 Å². The minimum atomic E-state index is -0.714. The SMILES string of the molecule is CC.CNCCCOCCOCCOCCNC(=O)c1cccc(OCC(C)(OCCOCC(=O)NCC#CC(C)C)SSC(C)(C)C)c1. The van der Waals surface area contributed by atoms with E-state index in [1.54, 1.807) is 39.8 Å². The number of hydrogen-bond donors (Lipinski definition) is 3. The van der Waals surface area contributed by atoms with Crippen molar-refractivity contribution >= 4 is 33.4 Å². The number of carbonyl (C=O) groups excluding carboxylic acids is 2. The summed E-state index contributed by atoms with van der Waals surface area (Å²) < 4.78 is 34.3. The molecule has 0 aliphatic heterocycles. The molecule has 49 heavy (non-hydrogen) atoms. The molecule has 0 saturated heterocycles. The van der Waals surface area contributed by atoms with Gasteiger partial charge < -0.3 is 44.4 Å². The van der Waals surface area contributed by atoms with Gasteiger partial charge in [-0.05, 0) is 45.1 Å². The first kappa shape index (κ1) is 47.0. The molecule has 1 atom stereocenters. The minimum absolute atomic E-state index is 0.00214. The van der Waals surface area contributed by atoms with E-state index in [4.69, 9.17) is 28.4 Å². The van der Waals surface area contributed by atoms with Gasteiger partial charge in [0, 0.05) is 29.4 Å². The highest BCUT2D eigenvalue weighted by Crippen LogP contribution is 2.44. The van der Waals surface area contributed by atoms with Crippen LogP contribution in [0.4, 0.5) is 0 Å². The van der Waals surface area contributed by atoms with E-state index >= 15 is 0 Å². The molecule has 0 bridgehead atoms. The van der Waals surface area contributed by atoms with Crippen molar-refractivity contribution in [2.45, 2.75) is 71.5 Å². The van der Waals surface area contributed by atoms with Gasteiger partial charge in [-0.2, -0.15) is 0 Å². The van der Waals surface area contributed by atoms with E-state index in [0.29, 0.717) is 64.0 Å². The zero-order valence-electron chi connectivity index (χ0n) is 31.4. The highest BCUT2D eigenvalue weighted by molar-refractivity contribution is 8.77. The molecule has 0 heterocycles. The minimum Gasteiger partial charge on any atom is -0.490 e. The summed E-state index contributed by atoms with van der Waals surface area (Å²) in [6.07, 6.45) is 0.976. The molecule has 0 aliphatic carbocycles. The van der Waals surface area contributed by atoms with Crippen molar-refractivity contribution < 1.29 is 38.0 Å². The molecule has 11 nitrogen and oxygen atoms in total. The molecule has 0 spiro atoms. The number of amides is 2. The number of carbonyl (C=O) groups is 2. The summed E-state index contributed by atoms with van der Waals surface area (Å²) >= 11 is 0. The molecule has 1 aromatic carbocycles. The van der Waals surface area contributed by atoms with Crippen LogP contribution in [-0.4, -0.2) is 114 Å². The van der Waals surface area contributed by atoms with E-state index in [-0.39, 0.29) is 48.9 Å².